The number of aryl methyl sites for hydroxylation is 1. The van der Waals surface area contributed by atoms with Gasteiger partial charge in [0.05, 0.1) is 6.07 Å². The molecule has 0 spiro atoms. The number of rotatable bonds is 1. The average molecular weight is 263 g/mol. The molecule has 0 bridgehead atoms. The molecular formula is C9H6BrClFN. The lowest BCUT2D eigenvalue weighted by Gasteiger charge is -2.08. The van der Waals surface area contributed by atoms with E-state index in [4.69, 9.17) is 16.9 Å². The zero-order valence-corrected chi connectivity index (χ0v) is 9.16. The summed E-state index contributed by atoms with van der Waals surface area (Å²) in [6.07, 6.45) is 0. The van der Waals surface area contributed by atoms with Gasteiger partial charge in [-0.15, -0.1) is 11.6 Å². The van der Waals surface area contributed by atoms with Gasteiger partial charge in [0, 0.05) is 10.0 Å². The van der Waals surface area contributed by atoms with Crippen LogP contribution in [0.4, 0.5) is 4.39 Å². The molecule has 4 heteroatoms. The number of benzene rings is 1. The maximum Gasteiger partial charge on any atom is 0.149 e. The molecule has 68 valence electrons. The Bertz CT molecular complexity index is 373. The lowest BCUT2D eigenvalue weighted by Crippen LogP contribution is -1.95. The maximum atomic E-state index is 13.2. The summed E-state index contributed by atoms with van der Waals surface area (Å²) >= 11 is 8.84. The summed E-state index contributed by atoms with van der Waals surface area (Å²) in [5.74, 6) is -0.459. The summed E-state index contributed by atoms with van der Waals surface area (Å²) in [5, 5.41) is 7.61. The van der Waals surface area contributed by atoms with Crippen molar-refractivity contribution in [1.82, 2.24) is 0 Å². The molecule has 1 aromatic carbocycles. The van der Waals surface area contributed by atoms with Crippen LogP contribution >= 0.6 is 27.5 Å². The fraction of sp³-hybridized carbons (Fsp3) is 0.222. The van der Waals surface area contributed by atoms with Crippen LogP contribution in [0.3, 0.4) is 0 Å². The molecule has 0 aliphatic carbocycles. The molecule has 1 nitrogen and oxygen atoms in total. The maximum absolute atomic E-state index is 13.2. The van der Waals surface area contributed by atoms with Gasteiger partial charge < -0.3 is 0 Å². The molecule has 0 aromatic heterocycles. The Morgan fingerprint density at radius 2 is 2.23 bits per heavy atom. The monoisotopic (exact) mass is 261 g/mol. The minimum Gasteiger partial charge on any atom is -0.207 e. The van der Waals surface area contributed by atoms with Crippen LogP contribution in [0.25, 0.3) is 0 Å². The number of hydrogen-bond donors (Lipinski definition) is 0. The zero-order valence-electron chi connectivity index (χ0n) is 6.81. The Kier molecular flexibility index (Phi) is 3.29. The fourth-order valence-corrected chi connectivity index (χ4v) is 1.87. The van der Waals surface area contributed by atoms with E-state index in [0.29, 0.717) is 4.47 Å². The van der Waals surface area contributed by atoms with Crippen molar-refractivity contribution in [3.05, 3.63) is 33.5 Å². The van der Waals surface area contributed by atoms with Gasteiger partial charge in [0.2, 0.25) is 0 Å². The van der Waals surface area contributed by atoms with Crippen molar-refractivity contribution >= 4 is 27.5 Å². The highest BCUT2D eigenvalue weighted by molar-refractivity contribution is 9.10. The van der Waals surface area contributed by atoms with Crippen LogP contribution < -0.4 is 0 Å². The molecule has 0 fully saturated rings. The summed E-state index contributed by atoms with van der Waals surface area (Å²) in [5.41, 5.74) is 1.07. The number of alkyl halides is 1. The minimum absolute atomic E-state index is 0.212. The number of hydrogen-bond acceptors (Lipinski definition) is 1. The highest BCUT2D eigenvalue weighted by atomic mass is 79.9. The van der Waals surface area contributed by atoms with E-state index in [2.05, 4.69) is 15.9 Å². The molecule has 1 unspecified atom stereocenters. The van der Waals surface area contributed by atoms with Gasteiger partial charge in [0.1, 0.15) is 11.2 Å². The molecule has 0 N–H and O–H groups in total. The molecule has 1 atom stereocenters. The lowest BCUT2D eigenvalue weighted by molar-refractivity contribution is 0.612. The Labute approximate surface area is 89.3 Å². The Morgan fingerprint density at radius 3 is 2.77 bits per heavy atom. The summed E-state index contributed by atoms with van der Waals surface area (Å²) < 4.78 is 13.8. The van der Waals surface area contributed by atoms with E-state index in [1.807, 2.05) is 6.92 Å². The highest BCUT2D eigenvalue weighted by Gasteiger charge is 2.16. The van der Waals surface area contributed by atoms with Crippen LogP contribution in [-0.4, -0.2) is 0 Å². The second kappa shape index (κ2) is 4.08. The highest BCUT2D eigenvalue weighted by Crippen LogP contribution is 2.32. The normalized spacial score (nSPS) is 12.2. The SMILES string of the molecule is Cc1ccc(F)c(C(Cl)C#N)c1Br. The van der Waals surface area contributed by atoms with Crippen molar-refractivity contribution in [1.29, 1.82) is 5.26 Å². The largest absolute Gasteiger partial charge is 0.207 e. The van der Waals surface area contributed by atoms with Crippen molar-refractivity contribution < 1.29 is 4.39 Å². The lowest BCUT2D eigenvalue weighted by atomic mass is 10.1. The molecule has 0 saturated carbocycles. The van der Waals surface area contributed by atoms with Gasteiger partial charge in [0.25, 0.3) is 0 Å². The molecule has 0 heterocycles. The van der Waals surface area contributed by atoms with E-state index in [1.54, 1.807) is 12.1 Å². The van der Waals surface area contributed by atoms with Crippen molar-refractivity contribution in [3.8, 4) is 6.07 Å². The van der Waals surface area contributed by atoms with E-state index in [9.17, 15) is 4.39 Å². The first-order valence-electron chi connectivity index (χ1n) is 3.56. The van der Waals surface area contributed by atoms with Gasteiger partial charge >= 0.3 is 0 Å². The predicted octanol–water partition coefficient (Wildman–Crippen LogP) is 3.70. The average Bonchev–Trinajstić information content (AvgIpc) is 2.12. The summed E-state index contributed by atoms with van der Waals surface area (Å²) in [6, 6.07) is 4.72. The van der Waals surface area contributed by atoms with Crippen LogP contribution in [0.15, 0.2) is 16.6 Å². The summed E-state index contributed by atoms with van der Waals surface area (Å²) in [4.78, 5) is 0. The first kappa shape index (κ1) is 10.5. The molecule has 1 aromatic rings. The number of nitrogens with zero attached hydrogens (tertiary/aromatic N) is 1. The van der Waals surface area contributed by atoms with Gasteiger partial charge in [0.15, 0.2) is 0 Å². The Hall–Kier alpha value is -0.590. The van der Waals surface area contributed by atoms with Crippen LogP contribution in [0.2, 0.25) is 0 Å². The molecule has 0 aliphatic rings. The van der Waals surface area contributed by atoms with Crippen molar-refractivity contribution in [2.24, 2.45) is 0 Å². The Balaban J connectivity index is 3.35. The van der Waals surface area contributed by atoms with Crippen molar-refractivity contribution in [2.45, 2.75) is 12.3 Å². The first-order valence-corrected chi connectivity index (χ1v) is 4.79. The number of nitriles is 1. The first-order chi connectivity index (χ1) is 6.07. The van der Waals surface area contributed by atoms with Crippen LogP contribution in [-0.2, 0) is 0 Å². The predicted molar refractivity (Wildman–Crippen MR) is 53.0 cm³/mol. The zero-order chi connectivity index (χ0) is 10.0. The second-order valence-electron chi connectivity index (χ2n) is 2.58. The van der Waals surface area contributed by atoms with Crippen molar-refractivity contribution in [3.63, 3.8) is 0 Å². The van der Waals surface area contributed by atoms with Gasteiger partial charge in [-0.25, -0.2) is 4.39 Å². The smallest absolute Gasteiger partial charge is 0.149 e. The molecule has 0 saturated heterocycles. The Morgan fingerprint density at radius 1 is 1.62 bits per heavy atom. The van der Waals surface area contributed by atoms with Gasteiger partial charge in [-0.1, -0.05) is 22.0 Å². The third kappa shape index (κ3) is 2.01. The van der Waals surface area contributed by atoms with Gasteiger partial charge in [-0.05, 0) is 18.6 Å². The van der Waals surface area contributed by atoms with Gasteiger partial charge in [-0.3, -0.25) is 0 Å². The minimum atomic E-state index is -0.950. The third-order valence-corrected chi connectivity index (χ3v) is 3.05. The fourth-order valence-electron chi connectivity index (χ4n) is 0.975. The topological polar surface area (TPSA) is 23.8 Å². The molecule has 0 amide bonds. The quantitative estimate of drug-likeness (QED) is 0.708. The standard InChI is InChI=1S/C9H6BrClFN/c1-5-2-3-7(12)8(9(5)10)6(11)4-13/h2-3,6H,1H3. The van der Waals surface area contributed by atoms with Crippen LogP contribution in [0.1, 0.15) is 16.5 Å². The van der Waals surface area contributed by atoms with Crippen molar-refractivity contribution in [2.75, 3.05) is 0 Å². The molecule has 1 rings (SSSR count). The van der Waals surface area contributed by atoms with Gasteiger partial charge in [-0.2, -0.15) is 5.26 Å². The summed E-state index contributed by atoms with van der Waals surface area (Å²) in [7, 11) is 0. The molecular weight excluding hydrogens is 256 g/mol. The van der Waals surface area contributed by atoms with E-state index in [0.717, 1.165) is 5.56 Å². The molecule has 13 heavy (non-hydrogen) atoms. The summed E-state index contributed by atoms with van der Waals surface area (Å²) in [6.45, 7) is 1.81. The number of halogens is 3. The van der Waals surface area contributed by atoms with Crippen LogP contribution in [0, 0.1) is 24.1 Å². The van der Waals surface area contributed by atoms with E-state index in [1.165, 1.54) is 6.07 Å². The van der Waals surface area contributed by atoms with E-state index < -0.39 is 11.2 Å². The van der Waals surface area contributed by atoms with E-state index in [-0.39, 0.29) is 5.56 Å². The molecule has 0 radical (unpaired) electrons. The second-order valence-corrected chi connectivity index (χ2v) is 3.81. The van der Waals surface area contributed by atoms with E-state index >= 15 is 0 Å². The molecule has 0 aliphatic heterocycles. The third-order valence-electron chi connectivity index (χ3n) is 1.69. The van der Waals surface area contributed by atoms with Crippen LogP contribution in [0.5, 0.6) is 0 Å².